The minimum Gasteiger partial charge on any atom is -0.348 e. The highest BCUT2D eigenvalue weighted by atomic mass is 16.2. The molecule has 1 aromatic heterocycles. The fourth-order valence-electron chi connectivity index (χ4n) is 2.63. The summed E-state index contributed by atoms with van der Waals surface area (Å²) in [5.41, 5.74) is 1.59. The molecule has 0 bridgehead atoms. The number of likely N-dealkylation sites (tertiary alicyclic amines) is 1. The van der Waals surface area contributed by atoms with Crippen molar-refractivity contribution >= 4 is 5.91 Å². The van der Waals surface area contributed by atoms with Gasteiger partial charge in [-0.1, -0.05) is 6.92 Å². The third kappa shape index (κ3) is 3.39. The van der Waals surface area contributed by atoms with E-state index >= 15 is 0 Å². The van der Waals surface area contributed by atoms with E-state index in [2.05, 4.69) is 36.2 Å². The maximum Gasteiger partial charge on any atom is 0.272 e. The van der Waals surface area contributed by atoms with Crippen LogP contribution < -0.4 is 5.32 Å². The molecule has 1 amide bonds. The van der Waals surface area contributed by atoms with Crippen molar-refractivity contribution in [3.05, 3.63) is 17.5 Å². The number of rotatable bonds is 4. The molecule has 1 saturated heterocycles. The lowest BCUT2D eigenvalue weighted by Gasteiger charge is -2.29. The monoisotopic (exact) mass is 278 g/mol. The van der Waals surface area contributed by atoms with Crippen LogP contribution in [0.4, 0.5) is 0 Å². The van der Waals surface area contributed by atoms with Crippen LogP contribution >= 0.6 is 0 Å². The summed E-state index contributed by atoms with van der Waals surface area (Å²) in [5.74, 6) is -0.0373. The number of aryl methyl sites for hydroxylation is 1. The van der Waals surface area contributed by atoms with Crippen molar-refractivity contribution in [2.24, 2.45) is 0 Å². The summed E-state index contributed by atoms with van der Waals surface area (Å²) in [6, 6.07) is 2.50. The fourth-order valence-corrected chi connectivity index (χ4v) is 2.63. The zero-order valence-electron chi connectivity index (χ0n) is 13.0. The molecule has 2 heterocycles. The summed E-state index contributed by atoms with van der Waals surface area (Å²) in [5, 5.41) is 7.57. The standard InChI is InChI=1S/C15H26N4O/c1-5-11(2)19-12(3)10-14(17-19)15(20)16-13-6-8-18(4)9-7-13/h10-11,13H,5-9H2,1-4H3,(H,16,20). The van der Waals surface area contributed by atoms with E-state index in [1.165, 1.54) is 0 Å². The molecule has 1 aliphatic rings. The summed E-state index contributed by atoms with van der Waals surface area (Å²) in [7, 11) is 2.12. The zero-order valence-corrected chi connectivity index (χ0v) is 13.0. The molecule has 1 atom stereocenters. The average molecular weight is 278 g/mol. The minimum absolute atomic E-state index is 0.0373. The van der Waals surface area contributed by atoms with Gasteiger partial charge in [0.1, 0.15) is 5.69 Å². The van der Waals surface area contributed by atoms with Gasteiger partial charge in [0.25, 0.3) is 5.91 Å². The van der Waals surface area contributed by atoms with E-state index in [0.29, 0.717) is 11.7 Å². The lowest BCUT2D eigenvalue weighted by atomic mass is 10.1. The first-order valence-corrected chi connectivity index (χ1v) is 7.56. The van der Waals surface area contributed by atoms with Crippen molar-refractivity contribution in [1.82, 2.24) is 20.0 Å². The Bertz CT molecular complexity index is 460. The van der Waals surface area contributed by atoms with Gasteiger partial charge in [0.15, 0.2) is 0 Å². The topological polar surface area (TPSA) is 50.2 Å². The molecule has 1 fully saturated rings. The molecule has 0 aromatic carbocycles. The largest absolute Gasteiger partial charge is 0.348 e. The van der Waals surface area contributed by atoms with Crippen molar-refractivity contribution in [2.75, 3.05) is 20.1 Å². The highest BCUT2D eigenvalue weighted by Crippen LogP contribution is 2.14. The first kappa shape index (κ1) is 15.0. The Morgan fingerprint density at radius 1 is 1.50 bits per heavy atom. The van der Waals surface area contributed by atoms with Gasteiger partial charge in [0, 0.05) is 17.8 Å². The maximum absolute atomic E-state index is 12.3. The van der Waals surface area contributed by atoms with Gasteiger partial charge in [-0.15, -0.1) is 0 Å². The lowest BCUT2D eigenvalue weighted by Crippen LogP contribution is -2.43. The Morgan fingerprint density at radius 2 is 2.15 bits per heavy atom. The number of nitrogens with one attached hydrogen (secondary N) is 1. The average Bonchev–Trinajstić information content (AvgIpc) is 2.82. The first-order valence-electron chi connectivity index (χ1n) is 7.56. The van der Waals surface area contributed by atoms with Crippen molar-refractivity contribution in [2.45, 2.75) is 52.1 Å². The number of carbonyl (C=O) groups excluding carboxylic acids is 1. The number of hydrogen-bond acceptors (Lipinski definition) is 3. The van der Waals surface area contributed by atoms with E-state index in [-0.39, 0.29) is 11.9 Å². The predicted octanol–water partition coefficient (Wildman–Crippen LogP) is 1.99. The second-order valence-corrected chi connectivity index (χ2v) is 5.92. The molecule has 20 heavy (non-hydrogen) atoms. The number of piperidine rings is 1. The normalized spacial score (nSPS) is 19.0. The van der Waals surface area contributed by atoms with Crippen LogP contribution in [0.3, 0.4) is 0 Å². The highest BCUT2D eigenvalue weighted by molar-refractivity contribution is 5.92. The van der Waals surface area contributed by atoms with Gasteiger partial charge in [-0.3, -0.25) is 9.48 Å². The van der Waals surface area contributed by atoms with E-state index in [1.807, 2.05) is 17.7 Å². The number of hydrogen-bond donors (Lipinski definition) is 1. The van der Waals surface area contributed by atoms with Crippen LogP contribution in [0.25, 0.3) is 0 Å². The van der Waals surface area contributed by atoms with Crippen LogP contribution in [0.5, 0.6) is 0 Å². The molecule has 112 valence electrons. The third-order valence-electron chi connectivity index (χ3n) is 4.22. The Balaban J connectivity index is 1.99. The Hall–Kier alpha value is -1.36. The van der Waals surface area contributed by atoms with Gasteiger partial charge in [0.05, 0.1) is 0 Å². The lowest BCUT2D eigenvalue weighted by molar-refractivity contribution is 0.0910. The van der Waals surface area contributed by atoms with Crippen molar-refractivity contribution in [3.8, 4) is 0 Å². The van der Waals surface area contributed by atoms with E-state index in [4.69, 9.17) is 0 Å². The van der Waals surface area contributed by atoms with Crippen LogP contribution in [-0.4, -0.2) is 46.8 Å². The quantitative estimate of drug-likeness (QED) is 0.916. The van der Waals surface area contributed by atoms with Crippen LogP contribution in [0.2, 0.25) is 0 Å². The maximum atomic E-state index is 12.3. The molecule has 1 aromatic rings. The van der Waals surface area contributed by atoms with E-state index < -0.39 is 0 Å². The molecule has 2 rings (SSSR count). The first-order chi connectivity index (χ1) is 9.51. The molecule has 0 aliphatic carbocycles. The van der Waals surface area contributed by atoms with Crippen molar-refractivity contribution in [1.29, 1.82) is 0 Å². The molecule has 5 nitrogen and oxygen atoms in total. The van der Waals surface area contributed by atoms with Crippen LogP contribution in [0, 0.1) is 6.92 Å². The second-order valence-electron chi connectivity index (χ2n) is 5.92. The number of amides is 1. The van der Waals surface area contributed by atoms with E-state index in [9.17, 15) is 4.79 Å². The van der Waals surface area contributed by atoms with Gasteiger partial charge < -0.3 is 10.2 Å². The van der Waals surface area contributed by atoms with Crippen molar-refractivity contribution < 1.29 is 4.79 Å². The van der Waals surface area contributed by atoms with Gasteiger partial charge >= 0.3 is 0 Å². The second kappa shape index (κ2) is 6.39. The molecule has 0 radical (unpaired) electrons. The summed E-state index contributed by atoms with van der Waals surface area (Å²) >= 11 is 0. The summed E-state index contributed by atoms with van der Waals surface area (Å²) in [6.45, 7) is 8.35. The molecular formula is C15H26N4O. The minimum atomic E-state index is -0.0373. The van der Waals surface area contributed by atoms with Gasteiger partial charge in [0.2, 0.25) is 0 Å². The van der Waals surface area contributed by atoms with Crippen LogP contribution in [0.15, 0.2) is 6.07 Å². The molecule has 0 saturated carbocycles. The van der Waals surface area contributed by atoms with Crippen LogP contribution in [-0.2, 0) is 0 Å². The zero-order chi connectivity index (χ0) is 14.7. The van der Waals surface area contributed by atoms with Gasteiger partial charge in [-0.25, -0.2) is 0 Å². The Morgan fingerprint density at radius 3 is 2.75 bits per heavy atom. The summed E-state index contributed by atoms with van der Waals surface area (Å²) in [6.07, 6.45) is 3.05. The predicted molar refractivity (Wildman–Crippen MR) is 80.0 cm³/mol. The number of aromatic nitrogens is 2. The molecular weight excluding hydrogens is 252 g/mol. The summed E-state index contributed by atoms with van der Waals surface area (Å²) in [4.78, 5) is 14.6. The summed E-state index contributed by atoms with van der Waals surface area (Å²) < 4.78 is 1.95. The Labute approximate surface area is 121 Å². The number of nitrogens with zero attached hydrogens (tertiary/aromatic N) is 3. The fraction of sp³-hybridized carbons (Fsp3) is 0.733. The smallest absolute Gasteiger partial charge is 0.272 e. The SMILES string of the molecule is CCC(C)n1nc(C(=O)NC2CCN(C)CC2)cc1C. The molecule has 1 aliphatic heterocycles. The molecule has 1 unspecified atom stereocenters. The van der Waals surface area contributed by atoms with Gasteiger partial charge in [-0.05, 0) is 59.3 Å². The van der Waals surface area contributed by atoms with Crippen molar-refractivity contribution in [3.63, 3.8) is 0 Å². The van der Waals surface area contributed by atoms with E-state index in [0.717, 1.165) is 38.0 Å². The third-order valence-corrected chi connectivity index (χ3v) is 4.22. The highest BCUT2D eigenvalue weighted by Gasteiger charge is 2.21. The van der Waals surface area contributed by atoms with E-state index in [1.54, 1.807) is 0 Å². The van der Waals surface area contributed by atoms with Crippen LogP contribution in [0.1, 0.15) is 55.3 Å². The van der Waals surface area contributed by atoms with Gasteiger partial charge in [-0.2, -0.15) is 5.10 Å². The number of carbonyl (C=O) groups is 1. The Kier molecular flexibility index (Phi) is 4.81. The molecule has 5 heteroatoms. The molecule has 0 spiro atoms. The molecule has 1 N–H and O–H groups in total.